The normalized spacial score (nSPS) is 13.3. The van der Waals surface area contributed by atoms with E-state index in [1.165, 1.54) is 0 Å². The summed E-state index contributed by atoms with van der Waals surface area (Å²) in [6, 6.07) is 0. The lowest BCUT2D eigenvalue weighted by Crippen LogP contribution is -2.45. The number of aliphatic hydroxyl groups excluding tert-OH is 1. The first-order valence-corrected chi connectivity index (χ1v) is 4.95. The lowest BCUT2D eigenvalue weighted by Gasteiger charge is -2.33. The van der Waals surface area contributed by atoms with Gasteiger partial charge in [-0.3, -0.25) is 4.79 Å². The lowest BCUT2D eigenvalue weighted by molar-refractivity contribution is -0.268. The average Bonchev–Trinajstić information content (AvgIpc) is 2.18. The molecular formula is C11H18O4. The highest BCUT2D eigenvalue weighted by Gasteiger charge is 2.35. The molecule has 0 amide bonds. The largest absolute Gasteiger partial charge is 0.387 e. The fraction of sp³-hybridized carbons (Fsp3) is 0.727. The zero-order valence-electron chi connectivity index (χ0n) is 9.45. The molecule has 0 fully saturated rings. The van der Waals surface area contributed by atoms with Crippen LogP contribution in [0.4, 0.5) is 0 Å². The van der Waals surface area contributed by atoms with Crippen molar-refractivity contribution < 1.29 is 19.4 Å². The molecule has 0 aromatic carbocycles. The highest BCUT2D eigenvalue weighted by molar-refractivity contribution is 5.95. The van der Waals surface area contributed by atoms with Crippen molar-refractivity contribution in [2.45, 2.75) is 39.1 Å². The van der Waals surface area contributed by atoms with E-state index in [4.69, 9.17) is 15.9 Å². The summed E-state index contributed by atoms with van der Waals surface area (Å²) in [5.41, 5.74) is 0. The minimum absolute atomic E-state index is 0.160. The van der Waals surface area contributed by atoms with Gasteiger partial charge in [0.15, 0.2) is 5.79 Å². The average molecular weight is 214 g/mol. The molecule has 0 aliphatic heterocycles. The molecule has 0 saturated heterocycles. The van der Waals surface area contributed by atoms with Crippen molar-refractivity contribution in [3.05, 3.63) is 0 Å². The van der Waals surface area contributed by atoms with Crippen LogP contribution in [0.2, 0.25) is 0 Å². The molecule has 4 heteroatoms. The summed E-state index contributed by atoms with van der Waals surface area (Å²) in [5, 5.41) is 9.77. The molecule has 1 atom stereocenters. The van der Waals surface area contributed by atoms with Gasteiger partial charge in [0, 0.05) is 13.2 Å². The van der Waals surface area contributed by atoms with Crippen LogP contribution in [0.25, 0.3) is 0 Å². The summed E-state index contributed by atoms with van der Waals surface area (Å²) in [6.07, 6.45) is 3.70. The Bertz CT molecular complexity index is 235. The first kappa shape index (κ1) is 14.1. The van der Waals surface area contributed by atoms with Gasteiger partial charge in [-0.1, -0.05) is 0 Å². The van der Waals surface area contributed by atoms with E-state index >= 15 is 0 Å². The molecule has 0 rings (SSSR count). The SMILES string of the molecule is C#CC(=O)C[C@@H](O)C(C)(OCC)OCC. The summed E-state index contributed by atoms with van der Waals surface area (Å²) >= 11 is 0. The monoisotopic (exact) mass is 214 g/mol. The Morgan fingerprint density at radius 3 is 2.27 bits per heavy atom. The first-order valence-electron chi connectivity index (χ1n) is 4.95. The third-order valence-corrected chi connectivity index (χ3v) is 2.01. The fourth-order valence-corrected chi connectivity index (χ4v) is 1.23. The highest BCUT2D eigenvalue weighted by Crippen LogP contribution is 2.20. The summed E-state index contributed by atoms with van der Waals surface area (Å²) < 4.78 is 10.6. The quantitative estimate of drug-likeness (QED) is 0.385. The van der Waals surface area contributed by atoms with Crippen LogP contribution in [0.3, 0.4) is 0 Å². The Hall–Kier alpha value is -0.890. The second kappa shape index (κ2) is 6.57. The first-order chi connectivity index (χ1) is 7.00. The Morgan fingerprint density at radius 1 is 1.47 bits per heavy atom. The molecule has 15 heavy (non-hydrogen) atoms. The minimum atomic E-state index is -1.17. The van der Waals surface area contributed by atoms with E-state index in [2.05, 4.69) is 0 Å². The highest BCUT2D eigenvalue weighted by atomic mass is 16.7. The van der Waals surface area contributed by atoms with Crippen LogP contribution in [0, 0.1) is 12.3 Å². The van der Waals surface area contributed by atoms with Gasteiger partial charge in [0.1, 0.15) is 6.10 Å². The van der Waals surface area contributed by atoms with E-state index in [9.17, 15) is 9.90 Å². The molecule has 0 radical (unpaired) electrons. The van der Waals surface area contributed by atoms with Gasteiger partial charge in [0.2, 0.25) is 5.78 Å². The second-order valence-corrected chi connectivity index (χ2v) is 3.17. The number of Topliss-reactive ketones (excluding diaryl/α,β-unsaturated/α-hetero) is 1. The number of carbonyl (C=O) groups excluding carboxylic acids is 1. The van der Waals surface area contributed by atoms with Gasteiger partial charge in [-0.05, 0) is 26.7 Å². The van der Waals surface area contributed by atoms with E-state index in [-0.39, 0.29) is 6.42 Å². The number of ether oxygens (including phenoxy) is 2. The predicted octanol–water partition coefficient (Wildman–Crippen LogP) is 0.729. The molecule has 4 nitrogen and oxygen atoms in total. The zero-order chi connectivity index (χ0) is 11.9. The standard InChI is InChI=1S/C11H18O4/c1-5-9(12)8-10(13)11(4,14-6-2)15-7-3/h1,10,13H,6-8H2,2-4H3/t10-/m1/s1. The Kier molecular flexibility index (Phi) is 6.18. The van der Waals surface area contributed by atoms with Gasteiger partial charge >= 0.3 is 0 Å². The second-order valence-electron chi connectivity index (χ2n) is 3.17. The van der Waals surface area contributed by atoms with Gasteiger partial charge in [-0.25, -0.2) is 0 Å². The van der Waals surface area contributed by atoms with E-state index in [1.54, 1.807) is 20.8 Å². The number of rotatable bonds is 7. The van der Waals surface area contributed by atoms with Gasteiger partial charge in [-0.2, -0.15) is 0 Å². The number of hydrogen-bond donors (Lipinski definition) is 1. The predicted molar refractivity (Wildman–Crippen MR) is 56.1 cm³/mol. The van der Waals surface area contributed by atoms with E-state index in [0.29, 0.717) is 13.2 Å². The number of carbonyl (C=O) groups is 1. The smallest absolute Gasteiger partial charge is 0.207 e. The van der Waals surface area contributed by atoms with Crippen LogP contribution < -0.4 is 0 Å². The van der Waals surface area contributed by atoms with Gasteiger partial charge in [0.25, 0.3) is 0 Å². The molecule has 0 bridgehead atoms. The minimum Gasteiger partial charge on any atom is -0.387 e. The van der Waals surface area contributed by atoms with Crippen LogP contribution in [-0.2, 0) is 14.3 Å². The molecule has 0 aliphatic rings. The lowest BCUT2D eigenvalue weighted by atomic mass is 10.1. The maximum absolute atomic E-state index is 11.0. The molecule has 0 aliphatic carbocycles. The molecule has 86 valence electrons. The number of aliphatic hydroxyl groups is 1. The summed E-state index contributed by atoms with van der Waals surface area (Å²) in [4.78, 5) is 11.0. The van der Waals surface area contributed by atoms with Gasteiger partial charge < -0.3 is 14.6 Å². The van der Waals surface area contributed by atoms with Crippen molar-refractivity contribution in [3.63, 3.8) is 0 Å². The zero-order valence-corrected chi connectivity index (χ0v) is 9.45. The number of hydrogen-bond acceptors (Lipinski definition) is 4. The van der Waals surface area contributed by atoms with Crippen molar-refractivity contribution in [3.8, 4) is 12.3 Å². The molecule has 0 saturated carbocycles. The summed E-state index contributed by atoms with van der Waals surface area (Å²) in [7, 11) is 0. The van der Waals surface area contributed by atoms with Crippen LogP contribution in [0.15, 0.2) is 0 Å². The van der Waals surface area contributed by atoms with Crippen molar-refractivity contribution in [1.29, 1.82) is 0 Å². The molecule has 1 N–H and O–H groups in total. The Balaban J connectivity index is 4.47. The maximum atomic E-state index is 11.0. The van der Waals surface area contributed by atoms with Crippen molar-refractivity contribution in [1.82, 2.24) is 0 Å². The summed E-state index contributed by atoms with van der Waals surface area (Å²) in [6.45, 7) is 5.93. The van der Waals surface area contributed by atoms with Crippen LogP contribution in [0.5, 0.6) is 0 Å². The molecule has 0 spiro atoms. The molecule has 0 aromatic heterocycles. The third kappa shape index (κ3) is 4.43. The van der Waals surface area contributed by atoms with Gasteiger partial charge in [0.05, 0.1) is 6.42 Å². The topological polar surface area (TPSA) is 55.8 Å². The van der Waals surface area contributed by atoms with Crippen LogP contribution in [-0.4, -0.2) is 36.0 Å². The third-order valence-electron chi connectivity index (χ3n) is 2.01. The fourth-order valence-electron chi connectivity index (χ4n) is 1.23. The number of ketones is 1. The Morgan fingerprint density at radius 2 is 1.93 bits per heavy atom. The van der Waals surface area contributed by atoms with Crippen molar-refractivity contribution in [2.75, 3.05) is 13.2 Å². The molecular weight excluding hydrogens is 196 g/mol. The van der Waals surface area contributed by atoms with Crippen LogP contribution in [0.1, 0.15) is 27.2 Å². The molecule has 0 heterocycles. The van der Waals surface area contributed by atoms with Crippen molar-refractivity contribution in [2.24, 2.45) is 0 Å². The Labute approximate surface area is 90.6 Å². The molecule has 0 aromatic rings. The van der Waals surface area contributed by atoms with E-state index < -0.39 is 17.7 Å². The van der Waals surface area contributed by atoms with Crippen LogP contribution >= 0.6 is 0 Å². The maximum Gasteiger partial charge on any atom is 0.207 e. The molecule has 0 unspecified atom stereocenters. The summed E-state index contributed by atoms with van der Waals surface area (Å²) in [5.74, 6) is 0.307. The number of terminal acetylenes is 1. The van der Waals surface area contributed by atoms with Crippen molar-refractivity contribution >= 4 is 5.78 Å². The van der Waals surface area contributed by atoms with E-state index in [0.717, 1.165) is 0 Å². The van der Waals surface area contributed by atoms with Gasteiger partial charge in [-0.15, -0.1) is 6.42 Å². The van der Waals surface area contributed by atoms with E-state index in [1.807, 2.05) is 5.92 Å².